The Morgan fingerprint density at radius 1 is 1.05 bits per heavy atom. The molecule has 0 atom stereocenters. The van der Waals surface area contributed by atoms with E-state index in [1.54, 1.807) is 0 Å². The quantitative estimate of drug-likeness (QED) is 0.793. The van der Waals surface area contributed by atoms with Gasteiger partial charge in [0.05, 0.1) is 11.4 Å². The number of fused-ring (bicyclic) bond motifs is 1. The van der Waals surface area contributed by atoms with E-state index in [-0.39, 0.29) is 0 Å². The molecule has 1 N–H and O–H groups in total. The van der Waals surface area contributed by atoms with Crippen LogP contribution in [0, 0.1) is 13.8 Å². The second-order valence-corrected chi connectivity index (χ2v) is 5.02. The normalized spacial score (nSPS) is 10.8. The molecule has 0 amide bonds. The topological polar surface area (TPSA) is 50.7 Å². The maximum atomic E-state index is 4.76. The van der Waals surface area contributed by atoms with Gasteiger partial charge in [-0.05, 0) is 32.2 Å². The minimum Gasteiger partial charge on any atom is -0.369 e. The minimum atomic E-state index is 0.813. The largest absolute Gasteiger partial charge is 0.369 e. The van der Waals surface area contributed by atoms with Crippen molar-refractivity contribution >= 4 is 16.6 Å². The molecular weight excluding hydrogens is 260 g/mol. The highest BCUT2D eigenvalue weighted by molar-refractivity contribution is 5.97. The summed E-state index contributed by atoms with van der Waals surface area (Å²) in [7, 11) is 0. The highest BCUT2D eigenvalue weighted by Gasteiger charge is 2.13. The summed E-state index contributed by atoms with van der Waals surface area (Å²) in [6, 6.07) is 8.22. The number of hydrogen-bond donors (Lipinski definition) is 1. The van der Waals surface area contributed by atoms with Gasteiger partial charge in [-0.1, -0.05) is 18.2 Å². The van der Waals surface area contributed by atoms with Crippen LogP contribution in [0.3, 0.4) is 0 Å². The van der Waals surface area contributed by atoms with Crippen LogP contribution in [0.5, 0.6) is 0 Å². The van der Waals surface area contributed by atoms with Gasteiger partial charge < -0.3 is 5.32 Å². The van der Waals surface area contributed by atoms with Gasteiger partial charge >= 0.3 is 0 Å². The first kappa shape index (κ1) is 13.5. The predicted molar refractivity (Wildman–Crippen MR) is 86.4 cm³/mol. The zero-order chi connectivity index (χ0) is 14.8. The average Bonchev–Trinajstić information content (AvgIpc) is 2.50. The van der Waals surface area contributed by atoms with E-state index >= 15 is 0 Å². The van der Waals surface area contributed by atoms with E-state index < -0.39 is 0 Å². The summed E-state index contributed by atoms with van der Waals surface area (Å²) in [6.07, 6.45) is 3.70. The van der Waals surface area contributed by atoms with E-state index in [0.717, 1.165) is 45.8 Å². The maximum absolute atomic E-state index is 4.76. The van der Waals surface area contributed by atoms with Crippen molar-refractivity contribution in [3.8, 4) is 11.3 Å². The second-order valence-electron chi connectivity index (χ2n) is 5.02. The number of benzene rings is 1. The van der Waals surface area contributed by atoms with E-state index in [9.17, 15) is 0 Å². The first-order chi connectivity index (χ1) is 10.2. The van der Waals surface area contributed by atoms with E-state index in [2.05, 4.69) is 34.3 Å². The van der Waals surface area contributed by atoms with E-state index in [1.165, 1.54) is 0 Å². The van der Waals surface area contributed by atoms with Gasteiger partial charge in [0, 0.05) is 29.9 Å². The van der Waals surface area contributed by atoms with Crippen LogP contribution >= 0.6 is 0 Å². The summed E-state index contributed by atoms with van der Waals surface area (Å²) < 4.78 is 0. The zero-order valence-electron chi connectivity index (χ0n) is 12.5. The third kappa shape index (κ3) is 2.44. The van der Waals surface area contributed by atoms with Crippen molar-refractivity contribution in [2.45, 2.75) is 20.8 Å². The van der Waals surface area contributed by atoms with Crippen LogP contribution in [-0.2, 0) is 0 Å². The molecule has 0 fully saturated rings. The average molecular weight is 278 g/mol. The Morgan fingerprint density at radius 3 is 2.67 bits per heavy atom. The van der Waals surface area contributed by atoms with Gasteiger partial charge in [-0.3, -0.25) is 4.98 Å². The van der Waals surface area contributed by atoms with Gasteiger partial charge in [0.25, 0.3) is 0 Å². The molecule has 1 aromatic carbocycles. The Morgan fingerprint density at radius 2 is 1.86 bits per heavy atom. The fraction of sp³-hybridized carbons (Fsp3) is 0.235. The summed E-state index contributed by atoms with van der Waals surface area (Å²) in [6.45, 7) is 6.85. The van der Waals surface area contributed by atoms with Gasteiger partial charge in [0.2, 0.25) is 0 Å². The highest BCUT2D eigenvalue weighted by Crippen LogP contribution is 2.31. The Bertz CT molecular complexity index is 791. The lowest BCUT2D eigenvalue weighted by molar-refractivity contribution is 1.03. The molecule has 2 heterocycles. The number of aryl methyl sites for hydroxylation is 2. The van der Waals surface area contributed by atoms with Crippen molar-refractivity contribution in [1.82, 2.24) is 15.0 Å². The number of nitrogens with one attached hydrogen (secondary N) is 1. The van der Waals surface area contributed by atoms with E-state index in [0.29, 0.717) is 0 Å². The summed E-state index contributed by atoms with van der Waals surface area (Å²) in [5.74, 6) is 0.831. The maximum Gasteiger partial charge on any atom is 0.152 e. The fourth-order valence-electron chi connectivity index (χ4n) is 2.40. The minimum absolute atomic E-state index is 0.813. The molecule has 2 aromatic heterocycles. The van der Waals surface area contributed by atoms with Crippen molar-refractivity contribution in [1.29, 1.82) is 0 Å². The van der Waals surface area contributed by atoms with Gasteiger partial charge in [0.1, 0.15) is 5.69 Å². The Balaban J connectivity index is 2.29. The lowest BCUT2D eigenvalue weighted by Gasteiger charge is -2.13. The van der Waals surface area contributed by atoms with Crippen molar-refractivity contribution in [3.63, 3.8) is 0 Å². The zero-order valence-corrected chi connectivity index (χ0v) is 12.5. The van der Waals surface area contributed by atoms with Crippen molar-refractivity contribution < 1.29 is 0 Å². The molecule has 4 heteroatoms. The van der Waals surface area contributed by atoms with Gasteiger partial charge in [0.15, 0.2) is 5.82 Å². The number of aromatic nitrogens is 3. The molecule has 0 saturated heterocycles. The molecule has 0 unspecified atom stereocenters. The molecule has 21 heavy (non-hydrogen) atoms. The first-order valence-electron chi connectivity index (χ1n) is 7.13. The fourth-order valence-corrected chi connectivity index (χ4v) is 2.40. The molecule has 4 nitrogen and oxygen atoms in total. The SMILES string of the molecule is CCNc1nc(C)c(C)nc1-c1cccc2ccncc12. The lowest BCUT2D eigenvalue weighted by atomic mass is 10.0. The first-order valence-corrected chi connectivity index (χ1v) is 7.13. The number of anilines is 1. The summed E-state index contributed by atoms with van der Waals surface area (Å²) in [5.41, 5.74) is 3.85. The molecule has 0 spiro atoms. The molecule has 0 radical (unpaired) electrons. The summed E-state index contributed by atoms with van der Waals surface area (Å²) in [4.78, 5) is 13.7. The highest BCUT2D eigenvalue weighted by atomic mass is 15.0. The Kier molecular flexibility index (Phi) is 3.52. The van der Waals surface area contributed by atoms with Crippen molar-refractivity contribution in [2.24, 2.45) is 0 Å². The second kappa shape index (κ2) is 5.48. The van der Waals surface area contributed by atoms with Gasteiger partial charge in [-0.15, -0.1) is 0 Å². The smallest absolute Gasteiger partial charge is 0.152 e. The van der Waals surface area contributed by atoms with Crippen LogP contribution in [0.15, 0.2) is 36.7 Å². The number of hydrogen-bond acceptors (Lipinski definition) is 4. The molecule has 0 aliphatic carbocycles. The van der Waals surface area contributed by atoms with Crippen LogP contribution in [0.2, 0.25) is 0 Å². The van der Waals surface area contributed by atoms with Gasteiger partial charge in [-0.25, -0.2) is 9.97 Å². The summed E-state index contributed by atoms with van der Waals surface area (Å²) in [5, 5.41) is 5.56. The van der Waals surface area contributed by atoms with Crippen LogP contribution < -0.4 is 5.32 Å². The Hall–Kier alpha value is -2.49. The van der Waals surface area contributed by atoms with Gasteiger partial charge in [-0.2, -0.15) is 0 Å². The van der Waals surface area contributed by atoms with Crippen molar-refractivity contribution in [2.75, 3.05) is 11.9 Å². The van der Waals surface area contributed by atoms with E-state index in [4.69, 9.17) is 4.98 Å². The number of rotatable bonds is 3. The summed E-state index contributed by atoms with van der Waals surface area (Å²) >= 11 is 0. The van der Waals surface area contributed by atoms with Crippen LogP contribution in [-0.4, -0.2) is 21.5 Å². The third-order valence-corrected chi connectivity index (χ3v) is 3.59. The Labute approximate surface area is 124 Å². The third-order valence-electron chi connectivity index (χ3n) is 3.59. The number of nitrogens with zero attached hydrogens (tertiary/aromatic N) is 3. The number of pyridine rings is 1. The molecular formula is C17H18N4. The molecule has 3 aromatic rings. The van der Waals surface area contributed by atoms with E-state index in [1.807, 2.05) is 38.4 Å². The molecule has 0 saturated carbocycles. The van der Waals surface area contributed by atoms with Crippen LogP contribution in [0.25, 0.3) is 22.0 Å². The standard InChI is InChI=1S/C17H18N4/c1-4-19-17-16(20-11(2)12(3)21-17)14-7-5-6-13-8-9-18-10-15(13)14/h5-10H,4H2,1-3H3,(H,19,21). The molecule has 106 valence electrons. The molecule has 3 rings (SSSR count). The molecule has 0 aliphatic rings. The van der Waals surface area contributed by atoms with Crippen LogP contribution in [0.4, 0.5) is 5.82 Å². The van der Waals surface area contributed by atoms with Crippen LogP contribution in [0.1, 0.15) is 18.3 Å². The van der Waals surface area contributed by atoms with Crippen molar-refractivity contribution in [3.05, 3.63) is 48.0 Å². The monoisotopic (exact) mass is 278 g/mol. The molecule has 0 bridgehead atoms. The predicted octanol–water partition coefficient (Wildman–Crippen LogP) is 3.74. The lowest BCUT2D eigenvalue weighted by Crippen LogP contribution is -2.06. The molecule has 0 aliphatic heterocycles.